The van der Waals surface area contributed by atoms with Gasteiger partial charge in [-0.2, -0.15) is 5.10 Å². The van der Waals surface area contributed by atoms with E-state index in [2.05, 4.69) is 25.8 Å². The molecule has 3 heterocycles. The molecule has 0 aliphatic carbocycles. The number of H-pyrrole nitrogens is 1. The first-order valence-corrected chi connectivity index (χ1v) is 10.6. The molecule has 3 N–H and O–H groups in total. The van der Waals surface area contributed by atoms with Crippen molar-refractivity contribution >= 4 is 23.3 Å². The number of anilines is 2. The van der Waals surface area contributed by atoms with Gasteiger partial charge in [0.25, 0.3) is 0 Å². The van der Waals surface area contributed by atoms with Crippen LogP contribution in [-0.2, 0) is 11.2 Å². The summed E-state index contributed by atoms with van der Waals surface area (Å²) in [5.74, 6) is 1.86. The number of carbonyl (C=O) groups excluding carboxylic acids is 2. The van der Waals surface area contributed by atoms with Gasteiger partial charge in [-0.3, -0.25) is 9.89 Å². The maximum absolute atomic E-state index is 12.7. The third-order valence-electron chi connectivity index (χ3n) is 5.96. The largest absolute Gasteiger partial charge is 0.326 e. The van der Waals surface area contributed by atoms with E-state index in [1.54, 1.807) is 0 Å². The van der Waals surface area contributed by atoms with Crippen molar-refractivity contribution in [2.24, 2.45) is 0 Å². The number of aromatic amines is 1. The minimum atomic E-state index is -0.122. The van der Waals surface area contributed by atoms with Crippen molar-refractivity contribution in [2.45, 2.75) is 31.6 Å². The van der Waals surface area contributed by atoms with Crippen LogP contribution in [0.3, 0.4) is 0 Å². The lowest BCUT2D eigenvalue weighted by atomic mass is 9.96. The minimum absolute atomic E-state index is 0.0147. The monoisotopic (exact) mass is 416 g/mol. The summed E-state index contributed by atoms with van der Waals surface area (Å²) in [5.41, 5.74) is 3.56. The van der Waals surface area contributed by atoms with Gasteiger partial charge in [-0.25, -0.2) is 9.78 Å². The quantitative estimate of drug-likeness (QED) is 0.605. The van der Waals surface area contributed by atoms with Gasteiger partial charge >= 0.3 is 6.03 Å². The Bertz CT molecular complexity index is 1100. The molecule has 1 fully saturated rings. The normalized spacial score (nSPS) is 16.5. The zero-order valence-electron chi connectivity index (χ0n) is 17.1. The lowest BCUT2D eigenvalue weighted by Gasteiger charge is -2.31. The van der Waals surface area contributed by atoms with E-state index in [1.807, 2.05) is 53.4 Å². The van der Waals surface area contributed by atoms with Gasteiger partial charge in [-0.15, -0.1) is 0 Å². The summed E-state index contributed by atoms with van der Waals surface area (Å²) in [6.07, 6.45) is 2.90. The zero-order valence-corrected chi connectivity index (χ0v) is 17.1. The van der Waals surface area contributed by atoms with Gasteiger partial charge in [0.05, 0.1) is 0 Å². The maximum Gasteiger partial charge on any atom is 0.321 e. The lowest BCUT2D eigenvalue weighted by Crippen LogP contribution is -2.40. The Morgan fingerprint density at radius 1 is 1.06 bits per heavy atom. The molecule has 158 valence electrons. The second-order valence-electron chi connectivity index (χ2n) is 8.02. The highest BCUT2D eigenvalue weighted by atomic mass is 16.2. The van der Waals surface area contributed by atoms with Crippen molar-refractivity contribution in [3.8, 4) is 11.4 Å². The third-order valence-corrected chi connectivity index (χ3v) is 5.96. The van der Waals surface area contributed by atoms with Gasteiger partial charge in [0.15, 0.2) is 5.82 Å². The molecule has 5 rings (SSSR count). The second-order valence-corrected chi connectivity index (χ2v) is 8.02. The van der Waals surface area contributed by atoms with E-state index in [1.165, 1.54) is 0 Å². The molecule has 0 unspecified atom stereocenters. The molecule has 0 atom stereocenters. The van der Waals surface area contributed by atoms with Gasteiger partial charge in [0.2, 0.25) is 5.91 Å². The molecule has 8 heteroatoms. The molecule has 2 aliphatic rings. The topological polar surface area (TPSA) is 103 Å². The molecule has 1 aromatic heterocycles. The summed E-state index contributed by atoms with van der Waals surface area (Å²) < 4.78 is 0. The minimum Gasteiger partial charge on any atom is -0.326 e. The Balaban J connectivity index is 1.18. The predicted octanol–water partition coefficient (Wildman–Crippen LogP) is 3.77. The number of hydrogen-bond acceptors (Lipinski definition) is 4. The van der Waals surface area contributed by atoms with E-state index in [9.17, 15) is 9.59 Å². The SMILES string of the molecule is O=C1CCc2ccc(NC(=O)N3CCC(c4nc(-c5ccccc5)n[nH]4)CC3)cc2N1. The fourth-order valence-corrected chi connectivity index (χ4v) is 4.18. The Morgan fingerprint density at radius 3 is 2.68 bits per heavy atom. The number of rotatable bonds is 3. The van der Waals surface area contributed by atoms with Crippen LogP contribution in [0.15, 0.2) is 48.5 Å². The average molecular weight is 416 g/mol. The Kier molecular flexibility index (Phi) is 5.11. The van der Waals surface area contributed by atoms with Gasteiger partial charge in [0, 0.05) is 42.4 Å². The summed E-state index contributed by atoms with van der Waals surface area (Å²) >= 11 is 0. The molecule has 0 radical (unpaired) electrons. The number of fused-ring (bicyclic) bond motifs is 1. The molecular weight excluding hydrogens is 392 g/mol. The van der Waals surface area contributed by atoms with Crippen molar-refractivity contribution in [3.63, 3.8) is 0 Å². The van der Waals surface area contributed by atoms with Crippen molar-refractivity contribution in [3.05, 3.63) is 59.9 Å². The number of hydrogen-bond donors (Lipinski definition) is 3. The van der Waals surface area contributed by atoms with Crippen LogP contribution in [0.4, 0.5) is 16.2 Å². The summed E-state index contributed by atoms with van der Waals surface area (Å²) in [4.78, 5) is 30.8. The van der Waals surface area contributed by atoms with Crippen LogP contribution in [0.1, 0.15) is 36.6 Å². The van der Waals surface area contributed by atoms with E-state index < -0.39 is 0 Å². The number of nitrogens with one attached hydrogen (secondary N) is 3. The zero-order chi connectivity index (χ0) is 21.2. The Hall–Kier alpha value is -3.68. The number of piperidine rings is 1. The lowest BCUT2D eigenvalue weighted by molar-refractivity contribution is -0.116. The summed E-state index contributed by atoms with van der Waals surface area (Å²) in [6.45, 7) is 1.30. The molecule has 2 aliphatic heterocycles. The van der Waals surface area contributed by atoms with Crippen molar-refractivity contribution in [1.82, 2.24) is 20.1 Å². The Morgan fingerprint density at radius 2 is 1.87 bits per heavy atom. The molecule has 3 aromatic rings. The molecule has 31 heavy (non-hydrogen) atoms. The van der Waals surface area contributed by atoms with Crippen LogP contribution < -0.4 is 10.6 Å². The molecule has 0 spiro atoms. The number of urea groups is 1. The number of likely N-dealkylation sites (tertiary alicyclic amines) is 1. The van der Waals surface area contributed by atoms with Gasteiger partial charge in [0.1, 0.15) is 5.82 Å². The number of benzene rings is 2. The smallest absolute Gasteiger partial charge is 0.321 e. The summed E-state index contributed by atoms with van der Waals surface area (Å²) in [6, 6.07) is 15.5. The van der Waals surface area contributed by atoms with Crippen LogP contribution in [0.5, 0.6) is 0 Å². The van der Waals surface area contributed by atoms with Crippen molar-refractivity contribution < 1.29 is 9.59 Å². The fourth-order valence-electron chi connectivity index (χ4n) is 4.18. The molecule has 0 saturated carbocycles. The van der Waals surface area contributed by atoms with Crippen LogP contribution in [-0.4, -0.2) is 45.1 Å². The molecule has 8 nitrogen and oxygen atoms in total. The van der Waals surface area contributed by atoms with Crippen LogP contribution >= 0.6 is 0 Å². The first-order chi connectivity index (χ1) is 15.2. The fraction of sp³-hybridized carbons (Fsp3) is 0.304. The Labute approximate surface area is 180 Å². The van der Waals surface area contributed by atoms with Gasteiger partial charge < -0.3 is 15.5 Å². The highest BCUT2D eigenvalue weighted by Crippen LogP contribution is 2.29. The number of nitrogens with zero attached hydrogens (tertiary/aromatic N) is 3. The molecule has 0 bridgehead atoms. The van der Waals surface area contributed by atoms with E-state index in [-0.39, 0.29) is 17.9 Å². The van der Waals surface area contributed by atoms with Gasteiger partial charge in [-0.1, -0.05) is 36.4 Å². The van der Waals surface area contributed by atoms with Crippen molar-refractivity contribution in [2.75, 3.05) is 23.7 Å². The van der Waals surface area contributed by atoms with Crippen LogP contribution in [0.25, 0.3) is 11.4 Å². The van der Waals surface area contributed by atoms with E-state index in [0.29, 0.717) is 31.0 Å². The number of amides is 3. The van der Waals surface area contributed by atoms with Crippen molar-refractivity contribution in [1.29, 1.82) is 0 Å². The molecule has 3 amide bonds. The first kappa shape index (κ1) is 19.3. The molecule has 2 aromatic carbocycles. The summed E-state index contributed by atoms with van der Waals surface area (Å²) in [5, 5.41) is 13.3. The van der Waals surface area contributed by atoms with Crippen LogP contribution in [0.2, 0.25) is 0 Å². The third kappa shape index (κ3) is 4.14. The highest BCUT2D eigenvalue weighted by Gasteiger charge is 2.26. The first-order valence-electron chi connectivity index (χ1n) is 10.6. The standard InChI is InChI=1S/C23H24N6O2/c30-20-9-7-15-6-8-18(14-19(15)25-20)24-23(31)29-12-10-17(11-13-29)22-26-21(27-28-22)16-4-2-1-3-5-16/h1-6,8,14,17H,7,9-13H2,(H,24,31)(H,25,30)(H,26,27,28). The predicted molar refractivity (Wildman–Crippen MR) is 118 cm³/mol. The molecule has 1 saturated heterocycles. The molecular formula is C23H24N6O2. The maximum atomic E-state index is 12.7. The van der Waals surface area contributed by atoms with E-state index in [0.717, 1.165) is 41.9 Å². The highest BCUT2D eigenvalue weighted by molar-refractivity contribution is 5.96. The van der Waals surface area contributed by atoms with Gasteiger partial charge in [-0.05, 0) is 37.0 Å². The van der Waals surface area contributed by atoms with E-state index in [4.69, 9.17) is 0 Å². The number of carbonyl (C=O) groups is 2. The number of aryl methyl sites for hydroxylation is 1. The number of aromatic nitrogens is 3. The van der Waals surface area contributed by atoms with Crippen LogP contribution in [0, 0.1) is 0 Å². The van der Waals surface area contributed by atoms with E-state index >= 15 is 0 Å². The summed E-state index contributed by atoms with van der Waals surface area (Å²) in [7, 11) is 0. The average Bonchev–Trinajstić information content (AvgIpc) is 3.30. The second kappa shape index (κ2) is 8.22.